The van der Waals surface area contributed by atoms with Crippen LogP contribution >= 0.6 is 0 Å². The summed E-state index contributed by atoms with van der Waals surface area (Å²) in [5.74, 6) is -0.463. The fourth-order valence-corrected chi connectivity index (χ4v) is 3.46. The number of nitrogens with one attached hydrogen (secondary N) is 1. The fourth-order valence-electron chi connectivity index (χ4n) is 3.46. The molecule has 1 aromatic heterocycles. The van der Waals surface area contributed by atoms with Crippen LogP contribution < -0.4 is 21.9 Å². The molecular formula is C23H26N4O4. The van der Waals surface area contributed by atoms with E-state index in [1.165, 1.54) is 16.6 Å². The van der Waals surface area contributed by atoms with E-state index in [1.807, 2.05) is 56.3 Å². The molecule has 0 aliphatic rings. The first kappa shape index (κ1) is 22.0. The first-order valence-electron chi connectivity index (χ1n) is 9.88. The Hall–Kier alpha value is -3.65. The zero-order valence-electron chi connectivity index (χ0n) is 17.8. The molecule has 0 fully saturated rings. The smallest absolute Gasteiger partial charge is 0.330 e. The first-order valence-corrected chi connectivity index (χ1v) is 9.88. The number of carbonyl (C=O) groups is 1. The van der Waals surface area contributed by atoms with E-state index in [2.05, 4.69) is 4.98 Å². The lowest BCUT2D eigenvalue weighted by atomic mass is 10.0. The number of nitrogens with two attached hydrogens (primary N) is 1. The number of amides is 1. The lowest BCUT2D eigenvalue weighted by Gasteiger charge is -2.25. The van der Waals surface area contributed by atoms with Gasteiger partial charge in [0.2, 0.25) is 0 Å². The van der Waals surface area contributed by atoms with Crippen LogP contribution in [0.25, 0.3) is 0 Å². The molecule has 3 aromatic rings. The van der Waals surface area contributed by atoms with Crippen LogP contribution in [0.5, 0.6) is 0 Å². The van der Waals surface area contributed by atoms with Gasteiger partial charge in [-0.05, 0) is 31.0 Å². The van der Waals surface area contributed by atoms with Crippen molar-refractivity contribution in [3.63, 3.8) is 0 Å². The highest BCUT2D eigenvalue weighted by Crippen LogP contribution is 2.23. The van der Waals surface area contributed by atoms with Crippen molar-refractivity contribution in [3.05, 3.63) is 91.6 Å². The molecule has 0 bridgehead atoms. The molecule has 1 heterocycles. The summed E-state index contributed by atoms with van der Waals surface area (Å²) in [6, 6.07) is 14.8. The Kier molecular flexibility index (Phi) is 6.71. The van der Waals surface area contributed by atoms with Gasteiger partial charge in [0.05, 0.1) is 19.7 Å². The number of aromatic nitrogens is 2. The van der Waals surface area contributed by atoms with Crippen LogP contribution in [0.15, 0.2) is 58.1 Å². The van der Waals surface area contributed by atoms with Gasteiger partial charge in [0.1, 0.15) is 5.82 Å². The Labute approximate surface area is 179 Å². The molecule has 3 N–H and O–H groups in total. The van der Waals surface area contributed by atoms with Crippen LogP contribution in [0.3, 0.4) is 0 Å². The first-order chi connectivity index (χ1) is 14.8. The number of carbonyl (C=O) groups excluding carboxylic acids is 1. The lowest BCUT2D eigenvalue weighted by Crippen LogP contribution is -2.41. The summed E-state index contributed by atoms with van der Waals surface area (Å²) in [4.78, 5) is 42.3. The number of H-pyrrole nitrogens is 1. The number of aromatic amines is 1. The summed E-state index contributed by atoms with van der Waals surface area (Å²) in [5.41, 5.74) is 7.89. The van der Waals surface area contributed by atoms with Gasteiger partial charge in [0, 0.05) is 12.7 Å². The van der Waals surface area contributed by atoms with Crippen molar-refractivity contribution in [1.82, 2.24) is 9.55 Å². The predicted molar refractivity (Wildman–Crippen MR) is 120 cm³/mol. The highest BCUT2D eigenvalue weighted by molar-refractivity contribution is 6.08. The molecule has 2 aromatic carbocycles. The van der Waals surface area contributed by atoms with E-state index in [0.717, 1.165) is 16.7 Å². The number of ether oxygens (including phenoxy) is 1. The minimum absolute atomic E-state index is 0.0652. The molecule has 31 heavy (non-hydrogen) atoms. The number of hydrogen-bond acceptors (Lipinski definition) is 5. The van der Waals surface area contributed by atoms with Gasteiger partial charge in [-0.1, -0.05) is 48.0 Å². The number of anilines is 2. The number of hydrogen-bond donors (Lipinski definition) is 2. The van der Waals surface area contributed by atoms with Gasteiger partial charge in [-0.25, -0.2) is 4.79 Å². The van der Waals surface area contributed by atoms with E-state index in [1.54, 1.807) is 6.07 Å². The molecule has 0 radical (unpaired) electrons. The Balaban J connectivity index is 2.18. The van der Waals surface area contributed by atoms with Gasteiger partial charge in [0.15, 0.2) is 5.69 Å². The van der Waals surface area contributed by atoms with E-state index < -0.39 is 11.2 Å². The molecule has 0 atom stereocenters. The standard InChI is InChI=1S/C23H26N4O4/c1-15-9-10-18(16(2)13-15)22(29)27(14-17-7-5-4-6-8-17)19-20(24)26(11-12-31-3)23(30)25-21(19)28/h4-10,13H,11-12,14,24H2,1-3H3,(H,25,28,30). The fraction of sp³-hybridized carbons (Fsp3) is 0.261. The van der Waals surface area contributed by atoms with E-state index in [9.17, 15) is 14.4 Å². The molecule has 0 saturated heterocycles. The van der Waals surface area contributed by atoms with E-state index in [0.29, 0.717) is 5.56 Å². The lowest BCUT2D eigenvalue weighted by molar-refractivity contribution is 0.0984. The number of rotatable bonds is 7. The minimum atomic E-state index is -0.717. The Morgan fingerprint density at radius 2 is 1.84 bits per heavy atom. The van der Waals surface area contributed by atoms with E-state index >= 15 is 0 Å². The van der Waals surface area contributed by atoms with E-state index in [-0.39, 0.29) is 37.1 Å². The van der Waals surface area contributed by atoms with Crippen molar-refractivity contribution >= 4 is 17.4 Å². The average molecular weight is 422 g/mol. The minimum Gasteiger partial charge on any atom is -0.383 e. The zero-order valence-corrected chi connectivity index (χ0v) is 17.8. The largest absolute Gasteiger partial charge is 0.383 e. The molecule has 8 nitrogen and oxygen atoms in total. The molecule has 0 aliphatic carbocycles. The molecule has 3 rings (SSSR count). The van der Waals surface area contributed by atoms with Crippen molar-refractivity contribution in [1.29, 1.82) is 0 Å². The molecule has 0 aliphatic heterocycles. The van der Waals surface area contributed by atoms with Crippen LogP contribution in [-0.4, -0.2) is 29.2 Å². The Morgan fingerprint density at radius 3 is 2.48 bits per heavy atom. The SMILES string of the molecule is COCCn1c(N)c(N(Cc2ccccc2)C(=O)c2ccc(C)cc2C)c(=O)[nH]c1=O. The summed E-state index contributed by atoms with van der Waals surface area (Å²) in [5, 5.41) is 0. The second-order valence-electron chi connectivity index (χ2n) is 7.33. The van der Waals surface area contributed by atoms with E-state index in [4.69, 9.17) is 10.5 Å². The summed E-state index contributed by atoms with van der Waals surface area (Å²) in [7, 11) is 1.50. The van der Waals surface area contributed by atoms with Gasteiger partial charge in [-0.3, -0.25) is 24.0 Å². The average Bonchev–Trinajstić information content (AvgIpc) is 2.73. The highest BCUT2D eigenvalue weighted by atomic mass is 16.5. The molecule has 0 spiro atoms. The van der Waals surface area contributed by atoms with Crippen molar-refractivity contribution in [2.24, 2.45) is 0 Å². The van der Waals surface area contributed by atoms with Gasteiger partial charge < -0.3 is 10.5 Å². The molecule has 8 heteroatoms. The van der Waals surface area contributed by atoms with Gasteiger partial charge >= 0.3 is 5.69 Å². The van der Waals surface area contributed by atoms with Crippen molar-refractivity contribution < 1.29 is 9.53 Å². The second-order valence-corrected chi connectivity index (χ2v) is 7.33. The zero-order chi connectivity index (χ0) is 22.5. The summed E-state index contributed by atoms with van der Waals surface area (Å²) in [6.45, 7) is 4.26. The van der Waals surface area contributed by atoms with Crippen molar-refractivity contribution in [2.75, 3.05) is 24.4 Å². The Morgan fingerprint density at radius 1 is 1.13 bits per heavy atom. The molecule has 1 amide bonds. The number of benzene rings is 2. The quantitative estimate of drug-likeness (QED) is 0.607. The summed E-state index contributed by atoms with van der Waals surface area (Å²) in [6.07, 6.45) is 0. The topological polar surface area (TPSA) is 110 Å². The third-order valence-electron chi connectivity index (χ3n) is 5.04. The third-order valence-corrected chi connectivity index (χ3v) is 5.04. The summed E-state index contributed by atoms with van der Waals surface area (Å²) < 4.78 is 6.24. The second kappa shape index (κ2) is 9.44. The van der Waals surface area contributed by atoms with Crippen LogP contribution in [0.4, 0.5) is 11.5 Å². The summed E-state index contributed by atoms with van der Waals surface area (Å²) >= 11 is 0. The van der Waals surface area contributed by atoms with Gasteiger partial charge in [-0.15, -0.1) is 0 Å². The number of methoxy groups -OCH3 is 1. The molecule has 162 valence electrons. The molecule has 0 unspecified atom stereocenters. The van der Waals surface area contributed by atoms with Crippen LogP contribution in [-0.2, 0) is 17.8 Å². The third kappa shape index (κ3) is 4.75. The van der Waals surface area contributed by atoms with Crippen LogP contribution in [0.1, 0.15) is 27.0 Å². The van der Waals surface area contributed by atoms with Crippen LogP contribution in [0, 0.1) is 13.8 Å². The number of nitrogen functional groups attached to an aromatic ring is 1. The highest BCUT2D eigenvalue weighted by Gasteiger charge is 2.26. The normalized spacial score (nSPS) is 10.8. The number of aryl methyl sites for hydroxylation is 2. The maximum atomic E-state index is 13.6. The number of nitrogens with zero attached hydrogens (tertiary/aromatic N) is 2. The molecule has 0 saturated carbocycles. The maximum Gasteiger partial charge on any atom is 0.330 e. The van der Waals surface area contributed by atoms with Crippen molar-refractivity contribution in [3.8, 4) is 0 Å². The van der Waals surface area contributed by atoms with Gasteiger partial charge in [0.25, 0.3) is 11.5 Å². The van der Waals surface area contributed by atoms with Crippen LogP contribution in [0.2, 0.25) is 0 Å². The maximum absolute atomic E-state index is 13.6. The Bertz CT molecular complexity index is 1200. The monoisotopic (exact) mass is 422 g/mol. The van der Waals surface area contributed by atoms with Crippen molar-refractivity contribution in [2.45, 2.75) is 26.9 Å². The predicted octanol–water partition coefficient (Wildman–Crippen LogP) is 2.23. The molecular weight excluding hydrogens is 396 g/mol. The van der Waals surface area contributed by atoms with Gasteiger partial charge in [-0.2, -0.15) is 0 Å².